The topological polar surface area (TPSA) is 59.7 Å². The molecular formula is C11H14N6. The normalized spacial score (nSPS) is 19.8. The Morgan fingerprint density at radius 2 is 2.35 bits per heavy atom. The molecule has 1 unspecified atom stereocenters. The van der Waals surface area contributed by atoms with Gasteiger partial charge in [-0.3, -0.25) is 4.98 Å². The third-order valence-electron chi connectivity index (χ3n) is 3.18. The third kappa shape index (κ3) is 1.75. The van der Waals surface area contributed by atoms with E-state index in [9.17, 15) is 0 Å². The van der Waals surface area contributed by atoms with Crippen molar-refractivity contribution in [3.05, 3.63) is 30.1 Å². The Morgan fingerprint density at radius 1 is 1.41 bits per heavy atom. The highest BCUT2D eigenvalue weighted by atomic mass is 15.6. The first kappa shape index (κ1) is 10.2. The predicted octanol–water partition coefficient (Wildman–Crippen LogP) is 0.947. The van der Waals surface area contributed by atoms with Gasteiger partial charge in [0.25, 0.3) is 0 Å². The molecule has 1 aliphatic heterocycles. The fourth-order valence-corrected chi connectivity index (χ4v) is 2.39. The van der Waals surface area contributed by atoms with E-state index in [1.807, 2.05) is 19.3 Å². The molecule has 17 heavy (non-hydrogen) atoms. The van der Waals surface area contributed by atoms with Gasteiger partial charge < -0.3 is 4.90 Å². The highest BCUT2D eigenvalue weighted by Gasteiger charge is 2.29. The Kier molecular flexibility index (Phi) is 2.47. The lowest BCUT2D eigenvalue weighted by Gasteiger charge is -2.24. The summed E-state index contributed by atoms with van der Waals surface area (Å²) in [5.41, 5.74) is 1.23. The van der Waals surface area contributed by atoms with Crippen LogP contribution in [0.5, 0.6) is 0 Å². The second-order valence-corrected chi connectivity index (χ2v) is 4.24. The molecule has 1 fully saturated rings. The van der Waals surface area contributed by atoms with Crippen molar-refractivity contribution < 1.29 is 0 Å². The van der Waals surface area contributed by atoms with Crippen LogP contribution in [0.2, 0.25) is 0 Å². The minimum Gasteiger partial charge on any atom is -0.333 e. The Balaban J connectivity index is 1.93. The van der Waals surface area contributed by atoms with Crippen molar-refractivity contribution in [2.45, 2.75) is 18.9 Å². The highest BCUT2D eigenvalue weighted by Crippen LogP contribution is 2.33. The Morgan fingerprint density at radius 3 is 3.06 bits per heavy atom. The summed E-state index contributed by atoms with van der Waals surface area (Å²) in [7, 11) is 1.87. The second-order valence-electron chi connectivity index (χ2n) is 4.24. The molecule has 0 spiro atoms. The quantitative estimate of drug-likeness (QED) is 0.768. The lowest BCUT2D eigenvalue weighted by atomic mass is 10.1. The van der Waals surface area contributed by atoms with Crippen molar-refractivity contribution in [3.8, 4) is 0 Å². The molecule has 2 aromatic heterocycles. The van der Waals surface area contributed by atoms with Crippen LogP contribution in [-0.2, 0) is 7.05 Å². The van der Waals surface area contributed by atoms with E-state index < -0.39 is 0 Å². The standard InChI is InChI=1S/C11H14N6/c1-16-11(13-14-15-16)17-7-3-5-10(17)9-4-2-6-12-8-9/h2,4,6,8,10H,3,5,7H2,1H3. The van der Waals surface area contributed by atoms with Crippen molar-refractivity contribution in [2.75, 3.05) is 11.4 Å². The first-order valence-corrected chi connectivity index (χ1v) is 5.75. The molecule has 0 radical (unpaired) electrons. The number of aromatic nitrogens is 5. The SMILES string of the molecule is Cn1nnnc1N1CCCC1c1cccnc1. The summed E-state index contributed by atoms with van der Waals surface area (Å²) < 4.78 is 1.72. The number of hydrogen-bond acceptors (Lipinski definition) is 5. The van der Waals surface area contributed by atoms with Crippen LogP contribution in [0.3, 0.4) is 0 Å². The molecule has 6 nitrogen and oxygen atoms in total. The van der Waals surface area contributed by atoms with Crippen molar-refractivity contribution in [2.24, 2.45) is 7.05 Å². The Bertz CT molecular complexity index is 494. The van der Waals surface area contributed by atoms with Gasteiger partial charge in [0.05, 0.1) is 6.04 Å². The monoisotopic (exact) mass is 230 g/mol. The van der Waals surface area contributed by atoms with E-state index in [2.05, 4.69) is 31.5 Å². The zero-order valence-electron chi connectivity index (χ0n) is 9.69. The fraction of sp³-hybridized carbons (Fsp3) is 0.455. The largest absolute Gasteiger partial charge is 0.333 e. The summed E-state index contributed by atoms with van der Waals surface area (Å²) in [5, 5.41) is 11.7. The molecule has 0 saturated carbocycles. The zero-order chi connectivity index (χ0) is 11.7. The van der Waals surface area contributed by atoms with Crippen LogP contribution in [0.25, 0.3) is 0 Å². The zero-order valence-corrected chi connectivity index (χ0v) is 9.69. The van der Waals surface area contributed by atoms with E-state index in [1.165, 1.54) is 5.56 Å². The van der Waals surface area contributed by atoms with Crippen molar-refractivity contribution in [1.29, 1.82) is 0 Å². The van der Waals surface area contributed by atoms with Gasteiger partial charge in [-0.2, -0.15) is 0 Å². The molecule has 0 aliphatic carbocycles. The van der Waals surface area contributed by atoms with E-state index >= 15 is 0 Å². The number of pyridine rings is 1. The van der Waals surface area contributed by atoms with E-state index in [-0.39, 0.29) is 0 Å². The fourth-order valence-electron chi connectivity index (χ4n) is 2.39. The average Bonchev–Trinajstić information content (AvgIpc) is 2.98. The second kappa shape index (κ2) is 4.12. The van der Waals surface area contributed by atoms with E-state index in [1.54, 1.807) is 10.9 Å². The van der Waals surface area contributed by atoms with Crippen LogP contribution in [0, 0.1) is 0 Å². The Hall–Kier alpha value is -1.98. The van der Waals surface area contributed by atoms with Gasteiger partial charge in [-0.15, -0.1) is 0 Å². The molecule has 0 bridgehead atoms. The smallest absolute Gasteiger partial charge is 0.245 e. The molecule has 3 heterocycles. The van der Waals surface area contributed by atoms with Gasteiger partial charge in [-0.05, 0) is 34.9 Å². The number of aryl methyl sites for hydroxylation is 1. The number of tetrazole rings is 1. The molecule has 0 amide bonds. The van der Waals surface area contributed by atoms with Crippen molar-refractivity contribution in [1.82, 2.24) is 25.2 Å². The molecule has 2 aromatic rings. The first-order valence-electron chi connectivity index (χ1n) is 5.75. The molecule has 0 N–H and O–H groups in total. The van der Waals surface area contributed by atoms with E-state index in [0.29, 0.717) is 6.04 Å². The molecular weight excluding hydrogens is 216 g/mol. The van der Waals surface area contributed by atoms with Gasteiger partial charge in [0, 0.05) is 26.0 Å². The first-order chi connectivity index (χ1) is 8.36. The van der Waals surface area contributed by atoms with E-state index in [0.717, 1.165) is 25.3 Å². The molecule has 88 valence electrons. The number of anilines is 1. The lowest BCUT2D eigenvalue weighted by molar-refractivity contribution is 0.655. The summed E-state index contributed by atoms with van der Waals surface area (Å²) >= 11 is 0. The number of rotatable bonds is 2. The number of nitrogens with zero attached hydrogens (tertiary/aromatic N) is 6. The molecule has 1 aliphatic rings. The van der Waals surface area contributed by atoms with Crippen LogP contribution in [0.15, 0.2) is 24.5 Å². The summed E-state index contributed by atoms with van der Waals surface area (Å²) in [4.78, 5) is 6.43. The van der Waals surface area contributed by atoms with Crippen LogP contribution in [-0.4, -0.2) is 31.7 Å². The number of hydrogen-bond donors (Lipinski definition) is 0. The predicted molar refractivity (Wildman–Crippen MR) is 62.4 cm³/mol. The van der Waals surface area contributed by atoms with Gasteiger partial charge in [0.1, 0.15) is 0 Å². The lowest BCUT2D eigenvalue weighted by Crippen LogP contribution is -2.25. The van der Waals surface area contributed by atoms with Crippen molar-refractivity contribution >= 4 is 5.95 Å². The maximum Gasteiger partial charge on any atom is 0.245 e. The van der Waals surface area contributed by atoms with Crippen molar-refractivity contribution in [3.63, 3.8) is 0 Å². The maximum atomic E-state index is 4.18. The molecule has 1 saturated heterocycles. The van der Waals surface area contributed by atoms with Crippen LogP contribution in [0.1, 0.15) is 24.4 Å². The maximum absolute atomic E-state index is 4.18. The Labute approximate surface area is 99.3 Å². The minimum absolute atomic E-state index is 0.341. The van der Waals surface area contributed by atoms with Crippen LogP contribution in [0.4, 0.5) is 5.95 Å². The molecule has 3 rings (SSSR count). The molecule has 0 aromatic carbocycles. The summed E-state index contributed by atoms with van der Waals surface area (Å²) in [6.45, 7) is 0.994. The molecule has 6 heteroatoms. The van der Waals surface area contributed by atoms with Gasteiger partial charge in [0.15, 0.2) is 0 Å². The van der Waals surface area contributed by atoms with Gasteiger partial charge in [0.2, 0.25) is 5.95 Å². The summed E-state index contributed by atoms with van der Waals surface area (Å²) in [6.07, 6.45) is 6.00. The average molecular weight is 230 g/mol. The van der Waals surface area contributed by atoms with Gasteiger partial charge in [-0.1, -0.05) is 11.2 Å². The van der Waals surface area contributed by atoms with Gasteiger partial charge >= 0.3 is 0 Å². The molecule has 1 atom stereocenters. The summed E-state index contributed by atoms with van der Waals surface area (Å²) in [5.74, 6) is 0.830. The van der Waals surface area contributed by atoms with Gasteiger partial charge in [-0.25, -0.2) is 4.68 Å². The third-order valence-corrected chi connectivity index (χ3v) is 3.18. The minimum atomic E-state index is 0.341. The van der Waals surface area contributed by atoms with Crippen LogP contribution >= 0.6 is 0 Å². The summed E-state index contributed by atoms with van der Waals surface area (Å²) in [6, 6.07) is 4.42. The van der Waals surface area contributed by atoms with Crippen LogP contribution < -0.4 is 4.90 Å². The van der Waals surface area contributed by atoms with E-state index in [4.69, 9.17) is 0 Å². The highest BCUT2D eigenvalue weighted by molar-refractivity contribution is 5.36.